The molecule has 5 aromatic rings. The molecule has 0 aliphatic rings. The number of rotatable bonds is 16. The van der Waals surface area contributed by atoms with Crippen LogP contribution in [0.3, 0.4) is 0 Å². The maximum absolute atomic E-state index is 6.60. The molecule has 0 radical (unpaired) electrons. The summed E-state index contributed by atoms with van der Waals surface area (Å²) in [7, 11) is -5.61. The molecule has 3 heterocycles. The minimum Gasteiger partial charge on any atom is -0.413 e. The molecule has 1 unspecified atom stereocenters. The van der Waals surface area contributed by atoms with Gasteiger partial charge in [0.1, 0.15) is 34.5 Å². The van der Waals surface area contributed by atoms with E-state index in [0.717, 1.165) is 15.6 Å². The standard InChI is InChI=1S/C36H37N3O6P2S/c1-5-7-15-29(6-2)40-46(41-30-16-12-23-37-26-30)44-33-19-8-10-21-35(33)48(3,4)36-22-11-9-20-34(36)45-47(42-31-17-13-24-38-27-31)43-32-18-14-25-39-28-32/h5,7-28H,6H2,1-4H3/b7-5-,29-15+. The predicted octanol–water partition coefficient (Wildman–Crippen LogP) is 10.7. The molecular formula is C36H37N3O6P2S. The summed E-state index contributed by atoms with van der Waals surface area (Å²) in [6.45, 7) is 3.98. The second-order valence-corrected chi connectivity index (χ2v) is 15.8. The fourth-order valence-corrected chi connectivity index (χ4v) is 8.77. The zero-order valence-corrected chi connectivity index (χ0v) is 29.7. The van der Waals surface area contributed by atoms with Crippen molar-refractivity contribution in [3.8, 4) is 28.7 Å². The monoisotopic (exact) mass is 701 g/mol. The summed E-state index contributed by atoms with van der Waals surface area (Å²) >= 11 is 0. The largest absolute Gasteiger partial charge is 0.530 e. The Morgan fingerprint density at radius 2 is 1.08 bits per heavy atom. The van der Waals surface area contributed by atoms with Crippen LogP contribution in [-0.4, -0.2) is 27.5 Å². The van der Waals surface area contributed by atoms with Gasteiger partial charge in [-0.05, 0) is 86.2 Å². The number of para-hydroxylation sites is 2. The highest BCUT2D eigenvalue weighted by Gasteiger charge is 2.30. The molecular weight excluding hydrogens is 664 g/mol. The molecule has 0 bridgehead atoms. The van der Waals surface area contributed by atoms with Gasteiger partial charge >= 0.3 is 17.2 Å². The minimum absolute atomic E-state index is 0.521. The first-order chi connectivity index (χ1) is 23.5. The van der Waals surface area contributed by atoms with Gasteiger partial charge in [-0.15, -0.1) is 0 Å². The summed E-state index contributed by atoms with van der Waals surface area (Å²) in [5, 5.41) is 0. The molecule has 0 saturated heterocycles. The van der Waals surface area contributed by atoms with Crippen molar-refractivity contribution < 1.29 is 27.1 Å². The lowest BCUT2D eigenvalue weighted by molar-refractivity contribution is 0.321. The molecule has 2 aromatic carbocycles. The zero-order valence-electron chi connectivity index (χ0n) is 27.1. The van der Waals surface area contributed by atoms with Crippen LogP contribution >= 0.6 is 27.2 Å². The van der Waals surface area contributed by atoms with Crippen LogP contribution in [-0.2, 0) is 4.52 Å². The quantitative estimate of drug-likeness (QED) is 0.0566. The van der Waals surface area contributed by atoms with Gasteiger partial charge in [0.05, 0.1) is 18.6 Å². The number of hydrogen-bond acceptors (Lipinski definition) is 9. The van der Waals surface area contributed by atoms with Crippen LogP contribution in [0.2, 0.25) is 0 Å². The molecule has 0 N–H and O–H groups in total. The van der Waals surface area contributed by atoms with Crippen molar-refractivity contribution in [1.29, 1.82) is 0 Å². The molecule has 0 aliphatic heterocycles. The molecule has 48 heavy (non-hydrogen) atoms. The third-order valence-corrected chi connectivity index (χ3v) is 11.6. The van der Waals surface area contributed by atoms with Crippen molar-refractivity contribution in [2.75, 3.05) is 12.5 Å². The fraction of sp³-hybridized carbons (Fsp3) is 0.139. The van der Waals surface area contributed by atoms with Gasteiger partial charge in [0.25, 0.3) is 0 Å². The van der Waals surface area contributed by atoms with Crippen molar-refractivity contribution in [3.05, 3.63) is 146 Å². The highest BCUT2D eigenvalue weighted by Crippen LogP contribution is 2.64. The molecule has 9 nitrogen and oxygen atoms in total. The van der Waals surface area contributed by atoms with Crippen LogP contribution in [0.5, 0.6) is 28.7 Å². The van der Waals surface area contributed by atoms with E-state index in [0.29, 0.717) is 35.2 Å². The molecule has 1 atom stereocenters. The molecule has 248 valence electrons. The molecule has 12 heteroatoms. The van der Waals surface area contributed by atoms with Gasteiger partial charge in [-0.25, -0.2) is 0 Å². The molecule has 0 amide bonds. The van der Waals surface area contributed by atoms with E-state index in [1.165, 1.54) is 0 Å². The van der Waals surface area contributed by atoms with E-state index in [9.17, 15) is 0 Å². The van der Waals surface area contributed by atoms with Crippen molar-refractivity contribution in [1.82, 2.24) is 15.0 Å². The number of nitrogens with zero attached hydrogens (tertiary/aromatic N) is 3. The Balaban J connectivity index is 1.46. The molecule has 0 aliphatic carbocycles. The Bertz CT molecular complexity index is 1740. The van der Waals surface area contributed by atoms with E-state index in [2.05, 4.69) is 39.6 Å². The predicted molar refractivity (Wildman–Crippen MR) is 193 cm³/mol. The highest BCUT2D eigenvalue weighted by molar-refractivity contribution is 8.32. The van der Waals surface area contributed by atoms with E-state index in [-0.39, 0.29) is 0 Å². The number of allylic oxidation sites excluding steroid dienone is 4. The Morgan fingerprint density at radius 3 is 1.52 bits per heavy atom. The highest BCUT2D eigenvalue weighted by atomic mass is 32.3. The zero-order chi connectivity index (χ0) is 33.6. The summed E-state index contributed by atoms with van der Waals surface area (Å²) in [5.41, 5.74) is 0. The second kappa shape index (κ2) is 17.5. The Morgan fingerprint density at radius 1 is 0.625 bits per heavy atom. The third-order valence-electron chi connectivity index (χ3n) is 6.60. The van der Waals surface area contributed by atoms with Crippen molar-refractivity contribution >= 4 is 27.2 Å². The molecule has 0 saturated carbocycles. The van der Waals surface area contributed by atoms with Gasteiger partial charge in [-0.3, -0.25) is 15.0 Å². The summed E-state index contributed by atoms with van der Waals surface area (Å²) in [6, 6.07) is 26.7. The number of pyridine rings is 3. The smallest absolute Gasteiger partial charge is 0.413 e. The maximum Gasteiger partial charge on any atom is 0.530 e. The Hall–Kier alpha value is -4.62. The Kier molecular flexibility index (Phi) is 12.7. The average molecular weight is 702 g/mol. The van der Waals surface area contributed by atoms with E-state index in [1.54, 1.807) is 61.4 Å². The Labute approximate surface area is 285 Å². The van der Waals surface area contributed by atoms with Crippen LogP contribution in [0, 0.1) is 0 Å². The van der Waals surface area contributed by atoms with Crippen LogP contribution in [0.25, 0.3) is 0 Å². The number of aromatic nitrogens is 3. The number of hydrogen-bond donors (Lipinski definition) is 0. The van der Waals surface area contributed by atoms with Crippen LogP contribution in [0.1, 0.15) is 20.3 Å². The van der Waals surface area contributed by atoms with Crippen LogP contribution < -0.4 is 22.6 Å². The van der Waals surface area contributed by atoms with E-state index >= 15 is 0 Å². The van der Waals surface area contributed by atoms with Crippen molar-refractivity contribution in [3.63, 3.8) is 0 Å². The van der Waals surface area contributed by atoms with Gasteiger partial charge in [0.15, 0.2) is 0 Å². The van der Waals surface area contributed by atoms with Gasteiger partial charge < -0.3 is 27.1 Å². The maximum atomic E-state index is 6.60. The number of benzene rings is 2. The van der Waals surface area contributed by atoms with Gasteiger partial charge in [0.2, 0.25) is 0 Å². The summed E-state index contributed by atoms with van der Waals surface area (Å²) in [5.74, 6) is 3.59. The molecule has 0 fully saturated rings. The van der Waals surface area contributed by atoms with E-state index in [4.69, 9.17) is 27.1 Å². The third kappa shape index (κ3) is 9.71. The van der Waals surface area contributed by atoms with Crippen molar-refractivity contribution in [2.45, 2.75) is 30.1 Å². The topological polar surface area (TPSA) is 94.1 Å². The first-order valence-corrected chi connectivity index (χ1v) is 19.7. The second-order valence-electron chi connectivity index (χ2n) is 10.3. The molecule has 5 rings (SSSR count). The molecule has 0 spiro atoms. The first-order valence-electron chi connectivity index (χ1n) is 15.1. The van der Waals surface area contributed by atoms with Gasteiger partial charge in [0, 0.05) is 34.8 Å². The SMILES string of the molecule is C/C=C\C=C(/CC)OP(Oc1cccnc1)Oc1ccccc1S(C)(C)c1ccccc1OP(Oc1cccnc1)Oc1cccnc1. The van der Waals surface area contributed by atoms with Gasteiger partial charge in [-0.1, -0.05) is 43.3 Å². The lowest BCUT2D eigenvalue weighted by atomic mass is 10.3. The lowest BCUT2D eigenvalue weighted by Gasteiger charge is -2.35. The van der Waals surface area contributed by atoms with Gasteiger partial charge in [-0.2, -0.15) is 10.0 Å². The van der Waals surface area contributed by atoms with Crippen LogP contribution in [0.4, 0.5) is 0 Å². The summed E-state index contributed by atoms with van der Waals surface area (Å²) in [4.78, 5) is 14.5. The van der Waals surface area contributed by atoms with E-state index < -0.39 is 27.2 Å². The average Bonchev–Trinajstić information content (AvgIpc) is 3.11. The van der Waals surface area contributed by atoms with Crippen LogP contribution in [0.15, 0.2) is 156 Å². The molecule has 3 aromatic heterocycles. The van der Waals surface area contributed by atoms with E-state index in [1.807, 2.05) is 80.6 Å². The summed E-state index contributed by atoms with van der Waals surface area (Å²) < 4.78 is 38.0. The first kappa shape index (κ1) is 34.7. The lowest BCUT2D eigenvalue weighted by Crippen LogP contribution is -2.07. The van der Waals surface area contributed by atoms with Crippen molar-refractivity contribution in [2.24, 2.45) is 0 Å². The normalized spacial score (nSPS) is 12.7. The fourth-order valence-electron chi connectivity index (χ4n) is 4.26. The minimum atomic E-state index is -1.94. The summed E-state index contributed by atoms with van der Waals surface area (Å²) in [6.07, 6.45) is 20.8.